The van der Waals surface area contributed by atoms with Crippen LogP contribution < -0.4 is 4.74 Å². The smallest absolute Gasteiger partial charge is 0.119 e. The predicted octanol–water partition coefficient (Wildman–Crippen LogP) is 3.81. The minimum absolute atomic E-state index is 0. The van der Waals surface area contributed by atoms with Gasteiger partial charge in [0, 0.05) is 11.5 Å². The molecule has 1 saturated heterocycles. The minimum Gasteiger partial charge on any atom is -0.497 e. The molecule has 3 aliphatic rings. The Morgan fingerprint density at radius 1 is 1.24 bits per heavy atom. The lowest BCUT2D eigenvalue weighted by Crippen LogP contribution is -2.59. The van der Waals surface area contributed by atoms with E-state index in [1.54, 1.807) is 18.2 Å². The molecule has 0 aromatic heterocycles. The first kappa shape index (κ1) is 15.2. The van der Waals surface area contributed by atoms with Gasteiger partial charge in [-0.1, -0.05) is 18.9 Å². The maximum atomic E-state index is 5.51. The maximum Gasteiger partial charge on any atom is 0.119 e. The molecule has 3 atom stereocenters. The molecule has 0 spiro atoms. The van der Waals surface area contributed by atoms with Crippen LogP contribution in [-0.4, -0.2) is 31.6 Å². The summed E-state index contributed by atoms with van der Waals surface area (Å²) in [6.45, 7) is 1.26. The van der Waals surface area contributed by atoms with Crippen LogP contribution in [0.1, 0.15) is 43.2 Å². The molecule has 2 fully saturated rings. The van der Waals surface area contributed by atoms with Gasteiger partial charge >= 0.3 is 0 Å². The number of hydrogen-bond acceptors (Lipinski definition) is 2. The molecule has 1 saturated carbocycles. The van der Waals surface area contributed by atoms with Crippen molar-refractivity contribution >= 4 is 12.4 Å². The van der Waals surface area contributed by atoms with Crippen molar-refractivity contribution in [3.05, 3.63) is 29.3 Å². The SMILES string of the molecule is COc1ccc2c(c1)[C@]13CCCC[C@@H]1[C@@H](C2)N(C)CC3.Cl. The molecule has 21 heavy (non-hydrogen) atoms. The number of halogens is 1. The van der Waals surface area contributed by atoms with E-state index < -0.39 is 0 Å². The standard InChI is InChI=1S/C18H25NO.ClH/c1-19-10-9-18-8-4-3-5-15(18)17(19)11-13-6-7-14(20-2)12-16(13)18;/h6-7,12,15,17H,3-5,8-11H2,1-2H3;1H/t15-,17-,18+;/m1./s1. The first-order valence-corrected chi connectivity index (χ1v) is 8.12. The number of benzene rings is 1. The molecule has 0 amide bonds. The third kappa shape index (κ3) is 2.10. The third-order valence-electron chi connectivity index (χ3n) is 6.32. The molecule has 2 nitrogen and oxygen atoms in total. The Kier molecular flexibility index (Phi) is 3.96. The number of likely N-dealkylation sites (tertiary alicyclic amines) is 1. The van der Waals surface area contributed by atoms with E-state index in [1.165, 1.54) is 45.1 Å². The first-order chi connectivity index (χ1) is 9.74. The summed E-state index contributed by atoms with van der Waals surface area (Å²) in [4.78, 5) is 2.63. The Bertz CT molecular complexity index is 532. The minimum atomic E-state index is 0. The molecule has 1 aliphatic heterocycles. The molecule has 1 aromatic rings. The van der Waals surface area contributed by atoms with E-state index in [1.807, 2.05) is 0 Å². The fourth-order valence-electron chi connectivity index (χ4n) is 5.30. The number of ether oxygens (including phenoxy) is 1. The summed E-state index contributed by atoms with van der Waals surface area (Å²) in [5, 5.41) is 0. The fraction of sp³-hybridized carbons (Fsp3) is 0.667. The molecule has 3 heteroatoms. The Hall–Kier alpha value is -0.730. The Labute approximate surface area is 134 Å². The highest BCUT2D eigenvalue weighted by atomic mass is 35.5. The normalized spacial score (nSPS) is 34.4. The third-order valence-corrected chi connectivity index (χ3v) is 6.32. The largest absolute Gasteiger partial charge is 0.497 e. The Morgan fingerprint density at radius 2 is 2.10 bits per heavy atom. The van der Waals surface area contributed by atoms with Crippen molar-refractivity contribution in [3.63, 3.8) is 0 Å². The van der Waals surface area contributed by atoms with E-state index in [9.17, 15) is 0 Å². The van der Waals surface area contributed by atoms with Gasteiger partial charge in [-0.15, -0.1) is 12.4 Å². The molecule has 116 valence electrons. The van der Waals surface area contributed by atoms with Gasteiger partial charge in [-0.25, -0.2) is 0 Å². The lowest BCUT2D eigenvalue weighted by Gasteiger charge is -2.58. The van der Waals surface area contributed by atoms with Gasteiger partial charge in [0.2, 0.25) is 0 Å². The van der Waals surface area contributed by atoms with E-state index in [0.717, 1.165) is 17.7 Å². The average molecular weight is 308 g/mol. The van der Waals surface area contributed by atoms with Crippen molar-refractivity contribution in [2.45, 2.75) is 50.0 Å². The van der Waals surface area contributed by atoms with Crippen LogP contribution in [0.5, 0.6) is 5.75 Å². The molecular formula is C18H26ClNO. The molecule has 2 bridgehead atoms. The summed E-state index contributed by atoms with van der Waals surface area (Å²) in [7, 11) is 4.12. The second-order valence-corrected chi connectivity index (χ2v) is 7.03. The van der Waals surface area contributed by atoms with Crippen LogP contribution >= 0.6 is 12.4 Å². The number of piperidine rings is 1. The van der Waals surface area contributed by atoms with Crippen molar-refractivity contribution in [2.24, 2.45) is 5.92 Å². The topological polar surface area (TPSA) is 12.5 Å². The second kappa shape index (κ2) is 5.48. The number of hydrogen-bond donors (Lipinski definition) is 0. The molecule has 0 radical (unpaired) electrons. The quantitative estimate of drug-likeness (QED) is 0.782. The summed E-state index contributed by atoms with van der Waals surface area (Å²) in [6.07, 6.45) is 8.22. The van der Waals surface area contributed by atoms with Gasteiger partial charge in [-0.3, -0.25) is 0 Å². The summed E-state index contributed by atoms with van der Waals surface area (Å²) >= 11 is 0. The van der Waals surface area contributed by atoms with Crippen molar-refractivity contribution in [1.29, 1.82) is 0 Å². The highest BCUT2D eigenvalue weighted by molar-refractivity contribution is 5.85. The van der Waals surface area contributed by atoms with Crippen LogP contribution in [0.3, 0.4) is 0 Å². The van der Waals surface area contributed by atoms with Gasteiger partial charge in [-0.05, 0) is 68.5 Å². The summed E-state index contributed by atoms with van der Waals surface area (Å²) < 4.78 is 5.51. The van der Waals surface area contributed by atoms with Gasteiger partial charge in [0.1, 0.15) is 5.75 Å². The highest BCUT2D eigenvalue weighted by Gasteiger charge is 2.53. The van der Waals surface area contributed by atoms with Crippen molar-refractivity contribution in [3.8, 4) is 5.75 Å². The molecule has 4 rings (SSSR count). The van der Waals surface area contributed by atoms with Crippen LogP contribution in [0.25, 0.3) is 0 Å². The van der Waals surface area contributed by atoms with Crippen LogP contribution in [0.4, 0.5) is 0 Å². The Balaban J connectivity index is 0.00000132. The van der Waals surface area contributed by atoms with E-state index >= 15 is 0 Å². The molecule has 0 unspecified atom stereocenters. The zero-order chi connectivity index (χ0) is 13.7. The van der Waals surface area contributed by atoms with Gasteiger partial charge in [0.15, 0.2) is 0 Å². The van der Waals surface area contributed by atoms with Gasteiger partial charge < -0.3 is 9.64 Å². The summed E-state index contributed by atoms with van der Waals surface area (Å²) in [5.41, 5.74) is 3.67. The number of fused-ring (bicyclic) bond motifs is 1. The van der Waals surface area contributed by atoms with E-state index in [2.05, 4.69) is 30.1 Å². The van der Waals surface area contributed by atoms with Crippen LogP contribution in [0.15, 0.2) is 18.2 Å². The lowest BCUT2D eigenvalue weighted by atomic mass is 9.52. The van der Waals surface area contributed by atoms with Crippen LogP contribution in [-0.2, 0) is 11.8 Å². The maximum absolute atomic E-state index is 5.51. The van der Waals surface area contributed by atoms with Gasteiger partial charge in [0.05, 0.1) is 7.11 Å². The first-order valence-electron chi connectivity index (χ1n) is 8.12. The monoisotopic (exact) mass is 307 g/mol. The number of rotatable bonds is 1. The fourth-order valence-corrected chi connectivity index (χ4v) is 5.30. The molecule has 0 N–H and O–H groups in total. The van der Waals surface area contributed by atoms with E-state index in [0.29, 0.717) is 5.41 Å². The zero-order valence-corrected chi connectivity index (χ0v) is 13.9. The zero-order valence-electron chi connectivity index (χ0n) is 13.1. The van der Waals surface area contributed by atoms with Gasteiger partial charge in [-0.2, -0.15) is 0 Å². The van der Waals surface area contributed by atoms with Crippen molar-refractivity contribution < 1.29 is 4.74 Å². The number of nitrogens with zero attached hydrogens (tertiary/aromatic N) is 1. The van der Waals surface area contributed by atoms with Gasteiger partial charge in [0.25, 0.3) is 0 Å². The van der Waals surface area contributed by atoms with E-state index in [4.69, 9.17) is 4.74 Å². The summed E-state index contributed by atoms with van der Waals surface area (Å²) in [6, 6.07) is 7.60. The molecule has 1 aromatic carbocycles. The van der Waals surface area contributed by atoms with Crippen LogP contribution in [0, 0.1) is 5.92 Å². The highest BCUT2D eigenvalue weighted by Crippen LogP contribution is 2.55. The number of methoxy groups -OCH3 is 1. The number of likely N-dealkylation sites (N-methyl/N-ethyl adjacent to an activating group) is 1. The summed E-state index contributed by atoms with van der Waals surface area (Å²) in [5.74, 6) is 1.91. The molecule has 1 heterocycles. The molecule has 2 aliphatic carbocycles. The molecular weight excluding hydrogens is 282 g/mol. The average Bonchev–Trinajstić information content (AvgIpc) is 2.50. The second-order valence-electron chi connectivity index (χ2n) is 7.03. The van der Waals surface area contributed by atoms with E-state index in [-0.39, 0.29) is 12.4 Å². The lowest BCUT2D eigenvalue weighted by molar-refractivity contribution is 0.00274. The Morgan fingerprint density at radius 3 is 2.90 bits per heavy atom. The van der Waals surface area contributed by atoms with Crippen molar-refractivity contribution in [1.82, 2.24) is 4.90 Å². The van der Waals surface area contributed by atoms with Crippen LogP contribution in [0.2, 0.25) is 0 Å². The predicted molar refractivity (Wildman–Crippen MR) is 88.6 cm³/mol. The van der Waals surface area contributed by atoms with Crippen molar-refractivity contribution in [2.75, 3.05) is 20.7 Å².